The van der Waals surface area contributed by atoms with E-state index in [4.69, 9.17) is 56.3 Å². The van der Waals surface area contributed by atoms with Crippen molar-refractivity contribution < 1.29 is 69.5 Å². The standard InChI is InChI=1S/C44H80O15S/c1-2-3-4-5-6-7-8-9-10-11-12-13-17-20-44(45)58-41-39-56-37-35-54-33-31-52-29-27-50-25-23-48-21-22-49-24-26-51-28-30-53-32-34-55-36-38-57-40-42-59-60(46,47)43-18-15-14-16-19-43/h14-16,18-19H,2-13,17,20-42H2,1H3. The first-order valence-electron chi connectivity index (χ1n) is 22.4. The zero-order valence-corrected chi connectivity index (χ0v) is 37.7. The normalized spacial score (nSPS) is 11.8. The van der Waals surface area contributed by atoms with Crippen LogP contribution in [-0.4, -0.2) is 160 Å². The molecule has 0 spiro atoms. The zero-order chi connectivity index (χ0) is 43.1. The maximum Gasteiger partial charge on any atom is 0.305 e. The van der Waals surface area contributed by atoms with E-state index < -0.39 is 10.1 Å². The van der Waals surface area contributed by atoms with Crippen LogP contribution in [0.4, 0.5) is 0 Å². The number of hydrogen-bond acceptors (Lipinski definition) is 15. The Hall–Kier alpha value is -1.80. The second-order valence-electron chi connectivity index (χ2n) is 13.9. The molecule has 0 fully saturated rings. The summed E-state index contributed by atoms with van der Waals surface area (Å²) in [6, 6.07) is 7.98. The molecule has 0 saturated carbocycles. The molecule has 16 heteroatoms. The number of ether oxygens (including phenoxy) is 11. The molecule has 1 rings (SSSR count). The topological polar surface area (TPSA) is 162 Å². The van der Waals surface area contributed by atoms with Crippen LogP contribution in [0.3, 0.4) is 0 Å². The molecule has 0 aliphatic rings. The second-order valence-corrected chi connectivity index (χ2v) is 15.5. The van der Waals surface area contributed by atoms with Crippen LogP contribution >= 0.6 is 0 Å². The Labute approximate surface area is 362 Å². The minimum atomic E-state index is -3.76. The van der Waals surface area contributed by atoms with Gasteiger partial charge in [0.05, 0.1) is 144 Å². The first-order chi connectivity index (χ1) is 29.6. The van der Waals surface area contributed by atoms with Gasteiger partial charge < -0.3 is 52.1 Å². The Morgan fingerprint density at radius 2 is 0.667 bits per heavy atom. The monoisotopic (exact) mass is 881 g/mol. The summed E-state index contributed by atoms with van der Waals surface area (Å²) >= 11 is 0. The van der Waals surface area contributed by atoms with Gasteiger partial charge in [-0.1, -0.05) is 102 Å². The highest BCUT2D eigenvalue weighted by atomic mass is 32.2. The number of hydrogen-bond donors (Lipinski definition) is 0. The molecule has 0 radical (unpaired) electrons. The molecule has 0 unspecified atom stereocenters. The van der Waals surface area contributed by atoms with E-state index in [0.717, 1.165) is 12.8 Å². The van der Waals surface area contributed by atoms with Crippen LogP contribution in [-0.2, 0) is 71.2 Å². The fourth-order valence-corrected chi connectivity index (χ4v) is 6.43. The highest BCUT2D eigenvalue weighted by Crippen LogP contribution is 2.13. The molecule has 0 heterocycles. The number of unbranched alkanes of at least 4 members (excludes halogenated alkanes) is 12. The Kier molecular flexibility index (Phi) is 42.4. The maximum atomic E-state index is 12.0. The summed E-state index contributed by atoms with van der Waals surface area (Å²) in [5.74, 6) is -0.139. The lowest BCUT2D eigenvalue weighted by Gasteiger charge is -2.09. The minimum Gasteiger partial charge on any atom is -0.463 e. The van der Waals surface area contributed by atoms with Crippen molar-refractivity contribution in [1.82, 2.24) is 0 Å². The molecule has 0 bridgehead atoms. The van der Waals surface area contributed by atoms with Crippen molar-refractivity contribution in [2.75, 3.05) is 145 Å². The summed E-state index contributed by atoms with van der Waals surface area (Å²) in [5, 5.41) is 0. The average Bonchev–Trinajstić information content (AvgIpc) is 3.25. The molecular weight excluding hydrogens is 801 g/mol. The van der Waals surface area contributed by atoms with Crippen molar-refractivity contribution in [3.05, 3.63) is 30.3 Å². The number of carbonyl (C=O) groups is 1. The van der Waals surface area contributed by atoms with E-state index in [2.05, 4.69) is 6.92 Å². The highest BCUT2D eigenvalue weighted by Gasteiger charge is 2.13. The average molecular weight is 881 g/mol. The number of benzene rings is 1. The predicted molar refractivity (Wildman–Crippen MR) is 229 cm³/mol. The van der Waals surface area contributed by atoms with E-state index in [1.54, 1.807) is 18.2 Å². The van der Waals surface area contributed by atoms with Gasteiger partial charge in [-0.15, -0.1) is 0 Å². The fraction of sp³-hybridized carbons (Fsp3) is 0.841. The summed E-state index contributed by atoms with van der Waals surface area (Å²) in [4.78, 5) is 12.0. The first kappa shape index (κ1) is 56.2. The van der Waals surface area contributed by atoms with Crippen LogP contribution in [0.25, 0.3) is 0 Å². The van der Waals surface area contributed by atoms with Gasteiger partial charge in [0.1, 0.15) is 6.61 Å². The van der Waals surface area contributed by atoms with Gasteiger partial charge in [0.2, 0.25) is 0 Å². The van der Waals surface area contributed by atoms with Gasteiger partial charge in [0.25, 0.3) is 10.1 Å². The lowest BCUT2D eigenvalue weighted by Crippen LogP contribution is -2.16. The van der Waals surface area contributed by atoms with Gasteiger partial charge in [-0.25, -0.2) is 0 Å². The van der Waals surface area contributed by atoms with E-state index in [-0.39, 0.29) is 30.7 Å². The number of esters is 1. The van der Waals surface area contributed by atoms with E-state index in [9.17, 15) is 13.2 Å². The van der Waals surface area contributed by atoms with Crippen molar-refractivity contribution in [1.29, 1.82) is 0 Å². The quantitative estimate of drug-likeness (QED) is 0.0392. The lowest BCUT2D eigenvalue weighted by molar-refractivity contribution is -0.145. The molecule has 0 atom stereocenters. The number of rotatable bonds is 49. The van der Waals surface area contributed by atoms with Crippen LogP contribution in [0.15, 0.2) is 35.2 Å². The van der Waals surface area contributed by atoms with Gasteiger partial charge in [-0.05, 0) is 18.6 Å². The van der Waals surface area contributed by atoms with Gasteiger partial charge in [-0.3, -0.25) is 8.98 Å². The van der Waals surface area contributed by atoms with Crippen molar-refractivity contribution in [3.63, 3.8) is 0 Å². The van der Waals surface area contributed by atoms with E-state index in [0.29, 0.717) is 132 Å². The largest absolute Gasteiger partial charge is 0.463 e. The Morgan fingerprint density at radius 1 is 0.383 bits per heavy atom. The molecule has 1 aromatic carbocycles. The van der Waals surface area contributed by atoms with Crippen LogP contribution < -0.4 is 0 Å². The van der Waals surface area contributed by atoms with Crippen molar-refractivity contribution >= 4 is 16.1 Å². The Morgan fingerprint density at radius 3 is 1.00 bits per heavy atom. The van der Waals surface area contributed by atoms with Gasteiger partial charge in [0.15, 0.2) is 0 Å². The van der Waals surface area contributed by atoms with Crippen molar-refractivity contribution in [2.24, 2.45) is 0 Å². The molecule has 15 nitrogen and oxygen atoms in total. The van der Waals surface area contributed by atoms with E-state index >= 15 is 0 Å². The molecule has 0 saturated heterocycles. The molecule has 0 N–H and O–H groups in total. The molecule has 0 amide bonds. The summed E-state index contributed by atoms with van der Waals surface area (Å²) in [6.07, 6.45) is 17.2. The fourth-order valence-electron chi connectivity index (χ4n) is 5.51. The van der Waals surface area contributed by atoms with Crippen molar-refractivity contribution in [2.45, 2.75) is 102 Å². The summed E-state index contributed by atoms with van der Waals surface area (Å²) in [5.41, 5.74) is 0. The molecular formula is C44H80O15S. The van der Waals surface area contributed by atoms with Crippen molar-refractivity contribution in [3.8, 4) is 0 Å². The SMILES string of the molecule is CCCCCCCCCCCCCCCC(=O)OCCOCCOCCOCCOCCOCCOCCOCCOCCOCCOCCOS(=O)(=O)c1ccccc1. The lowest BCUT2D eigenvalue weighted by atomic mass is 10.0. The minimum absolute atomic E-state index is 0.0622. The smallest absolute Gasteiger partial charge is 0.305 e. The van der Waals surface area contributed by atoms with E-state index in [1.165, 1.54) is 82.8 Å². The summed E-state index contributed by atoms with van der Waals surface area (Å²) in [7, 11) is -3.76. The Balaban J connectivity index is 1.65. The third kappa shape index (κ3) is 40.3. The predicted octanol–water partition coefficient (Wildman–Crippen LogP) is 6.58. The van der Waals surface area contributed by atoms with Gasteiger partial charge >= 0.3 is 5.97 Å². The third-order valence-corrected chi connectivity index (χ3v) is 10.1. The zero-order valence-electron chi connectivity index (χ0n) is 36.9. The van der Waals surface area contributed by atoms with Crippen LogP contribution in [0.1, 0.15) is 96.8 Å². The highest BCUT2D eigenvalue weighted by molar-refractivity contribution is 7.86. The summed E-state index contributed by atoms with van der Waals surface area (Å²) in [6.45, 7) is 11.1. The molecule has 60 heavy (non-hydrogen) atoms. The number of carbonyl (C=O) groups excluding carboxylic acids is 1. The first-order valence-corrected chi connectivity index (χ1v) is 23.8. The van der Waals surface area contributed by atoms with Crippen LogP contribution in [0.5, 0.6) is 0 Å². The molecule has 352 valence electrons. The third-order valence-electron chi connectivity index (χ3n) is 8.82. The molecule has 0 aliphatic carbocycles. The van der Waals surface area contributed by atoms with Crippen LogP contribution in [0, 0.1) is 0 Å². The summed E-state index contributed by atoms with van der Waals surface area (Å²) < 4.78 is 88.8. The molecule has 0 aliphatic heterocycles. The molecule has 0 aromatic heterocycles. The molecule has 1 aromatic rings. The van der Waals surface area contributed by atoms with Crippen LogP contribution in [0.2, 0.25) is 0 Å². The van der Waals surface area contributed by atoms with E-state index in [1.807, 2.05) is 0 Å². The maximum absolute atomic E-state index is 12.0. The Bertz CT molecular complexity index is 1130. The second kappa shape index (κ2) is 45.2. The van der Waals surface area contributed by atoms with Gasteiger partial charge in [-0.2, -0.15) is 8.42 Å². The van der Waals surface area contributed by atoms with Gasteiger partial charge in [0, 0.05) is 6.42 Å².